The average Bonchev–Trinajstić information content (AvgIpc) is 2.46. The molecule has 1 fully saturated rings. The Balaban J connectivity index is 2.13. The number of carbonyl (C=O) groups is 1. The Hall–Kier alpha value is -1.06. The van der Waals surface area contributed by atoms with Crippen LogP contribution in [0.2, 0.25) is 0 Å². The number of nitrogens with zero attached hydrogens (tertiary/aromatic N) is 1. The van der Waals surface area contributed by atoms with Crippen LogP contribution in [0.5, 0.6) is 0 Å². The molecule has 1 amide bonds. The van der Waals surface area contributed by atoms with Crippen LogP contribution >= 0.6 is 11.6 Å². The van der Waals surface area contributed by atoms with Gasteiger partial charge in [0.1, 0.15) is 0 Å². The summed E-state index contributed by atoms with van der Waals surface area (Å²) < 4.78 is 0. The van der Waals surface area contributed by atoms with Crippen LogP contribution in [-0.2, 0) is 5.88 Å². The molecule has 1 aromatic rings. The summed E-state index contributed by atoms with van der Waals surface area (Å²) in [4.78, 5) is 14.1. The smallest absolute Gasteiger partial charge is 0.253 e. The summed E-state index contributed by atoms with van der Waals surface area (Å²) in [7, 11) is 1.77. The SMILES string of the molecule is CN(C(=O)c1cccc(CCl)c1)C1CCCCC1O. The predicted octanol–water partition coefficient (Wildman–Crippen LogP) is 2.80. The van der Waals surface area contributed by atoms with Gasteiger partial charge in [-0.15, -0.1) is 11.6 Å². The summed E-state index contributed by atoms with van der Waals surface area (Å²) in [5.41, 5.74) is 1.57. The van der Waals surface area contributed by atoms with E-state index in [4.69, 9.17) is 11.6 Å². The molecule has 0 radical (unpaired) electrons. The van der Waals surface area contributed by atoms with Crippen molar-refractivity contribution in [3.8, 4) is 0 Å². The van der Waals surface area contributed by atoms with E-state index in [-0.39, 0.29) is 11.9 Å². The van der Waals surface area contributed by atoms with Gasteiger partial charge in [0.05, 0.1) is 12.1 Å². The average molecular weight is 282 g/mol. The summed E-state index contributed by atoms with van der Waals surface area (Å²) in [5.74, 6) is 0.356. The highest BCUT2D eigenvalue weighted by Crippen LogP contribution is 2.23. The number of rotatable bonds is 3. The van der Waals surface area contributed by atoms with Crippen LogP contribution in [0.4, 0.5) is 0 Å². The van der Waals surface area contributed by atoms with Gasteiger partial charge in [-0.05, 0) is 30.5 Å². The fourth-order valence-corrected chi connectivity index (χ4v) is 2.85. The minimum absolute atomic E-state index is 0.0436. The Bertz CT molecular complexity index is 450. The summed E-state index contributed by atoms with van der Waals surface area (Å²) in [5, 5.41) is 10.0. The molecule has 3 nitrogen and oxygen atoms in total. The molecule has 1 saturated carbocycles. The quantitative estimate of drug-likeness (QED) is 0.866. The van der Waals surface area contributed by atoms with Crippen molar-refractivity contribution in [2.45, 2.75) is 43.7 Å². The number of aliphatic hydroxyl groups is 1. The van der Waals surface area contributed by atoms with Crippen molar-refractivity contribution < 1.29 is 9.90 Å². The molecule has 0 aromatic heterocycles. The normalized spacial score (nSPS) is 23.1. The standard InChI is InChI=1S/C15H20ClNO2/c1-17(13-7-2-3-8-14(13)18)15(19)12-6-4-5-11(9-12)10-16/h4-6,9,13-14,18H,2-3,7-8,10H2,1H3. The lowest BCUT2D eigenvalue weighted by Gasteiger charge is -2.35. The second-order valence-electron chi connectivity index (χ2n) is 5.17. The molecule has 1 aliphatic rings. The maximum absolute atomic E-state index is 12.4. The van der Waals surface area contributed by atoms with Gasteiger partial charge in [0.15, 0.2) is 0 Å². The van der Waals surface area contributed by atoms with Crippen molar-refractivity contribution >= 4 is 17.5 Å². The Labute approximate surface area is 119 Å². The van der Waals surface area contributed by atoms with E-state index in [1.165, 1.54) is 0 Å². The fourth-order valence-electron chi connectivity index (χ4n) is 2.69. The van der Waals surface area contributed by atoms with Crippen LogP contribution < -0.4 is 0 Å². The highest BCUT2D eigenvalue weighted by Gasteiger charge is 2.29. The number of amides is 1. The van der Waals surface area contributed by atoms with Crippen molar-refractivity contribution in [2.75, 3.05) is 7.05 Å². The maximum atomic E-state index is 12.4. The third kappa shape index (κ3) is 3.28. The van der Waals surface area contributed by atoms with E-state index in [1.54, 1.807) is 18.0 Å². The molecule has 1 N–H and O–H groups in total. The van der Waals surface area contributed by atoms with Crippen molar-refractivity contribution in [1.29, 1.82) is 0 Å². The van der Waals surface area contributed by atoms with Crippen LogP contribution in [0.25, 0.3) is 0 Å². The Kier molecular flexibility index (Phi) is 4.83. The summed E-state index contributed by atoms with van der Waals surface area (Å²) in [6, 6.07) is 7.29. The zero-order chi connectivity index (χ0) is 13.8. The number of carbonyl (C=O) groups excluding carboxylic acids is 1. The lowest BCUT2D eigenvalue weighted by atomic mass is 9.91. The molecule has 4 heteroatoms. The van der Waals surface area contributed by atoms with Crippen LogP contribution in [-0.4, -0.2) is 35.1 Å². The molecule has 0 bridgehead atoms. The van der Waals surface area contributed by atoms with Crippen LogP contribution in [0.3, 0.4) is 0 Å². The Morgan fingerprint density at radius 1 is 1.42 bits per heavy atom. The van der Waals surface area contributed by atoms with E-state index >= 15 is 0 Å². The molecule has 0 heterocycles. The monoisotopic (exact) mass is 281 g/mol. The summed E-state index contributed by atoms with van der Waals surface area (Å²) in [6.45, 7) is 0. The molecular weight excluding hydrogens is 262 g/mol. The number of halogens is 1. The van der Waals surface area contributed by atoms with E-state index in [0.717, 1.165) is 31.2 Å². The first kappa shape index (κ1) is 14.4. The van der Waals surface area contributed by atoms with Gasteiger partial charge in [-0.1, -0.05) is 25.0 Å². The molecule has 0 aliphatic heterocycles. The first-order valence-electron chi connectivity index (χ1n) is 6.73. The number of hydrogen-bond donors (Lipinski definition) is 1. The molecule has 0 saturated heterocycles. The van der Waals surface area contributed by atoms with Crippen LogP contribution in [0.15, 0.2) is 24.3 Å². The first-order chi connectivity index (χ1) is 9.13. The number of alkyl halides is 1. The van der Waals surface area contributed by atoms with Gasteiger partial charge >= 0.3 is 0 Å². The van der Waals surface area contributed by atoms with E-state index in [1.807, 2.05) is 18.2 Å². The van der Waals surface area contributed by atoms with Crippen LogP contribution in [0.1, 0.15) is 41.6 Å². The molecule has 2 rings (SSSR count). The second kappa shape index (κ2) is 6.40. The molecule has 1 aromatic carbocycles. The topological polar surface area (TPSA) is 40.5 Å². The van der Waals surface area contributed by atoms with Gasteiger partial charge in [-0.2, -0.15) is 0 Å². The van der Waals surface area contributed by atoms with Gasteiger partial charge in [0.25, 0.3) is 5.91 Å². The van der Waals surface area contributed by atoms with Crippen molar-refractivity contribution in [3.05, 3.63) is 35.4 Å². The molecule has 104 valence electrons. The maximum Gasteiger partial charge on any atom is 0.253 e. The number of likely N-dealkylation sites (N-methyl/N-ethyl adjacent to an activating group) is 1. The second-order valence-corrected chi connectivity index (χ2v) is 5.44. The van der Waals surface area contributed by atoms with Crippen LogP contribution in [0, 0.1) is 0 Å². The minimum Gasteiger partial charge on any atom is -0.391 e. The van der Waals surface area contributed by atoms with Gasteiger partial charge in [-0.3, -0.25) is 4.79 Å². The lowest BCUT2D eigenvalue weighted by Crippen LogP contribution is -2.46. The number of aliphatic hydroxyl groups excluding tert-OH is 1. The van der Waals surface area contributed by atoms with Gasteiger partial charge < -0.3 is 10.0 Å². The molecule has 0 spiro atoms. The highest BCUT2D eigenvalue weighted by molar-refractivity contribution is 6.17. The Morgan fingerprint density at radius 2 is 2.16 bits per heavy atom. The molecule has 1 aliphatic carbocycles. The first-order valence-corrected chi connectivity index (χ1v) is 7.27. The largest absolute Gasteiger partial charge is 0.391 e. The molecule has 2 unspecified atom stereocenters. The highest BCUT2D eigenvalue weighted by atomic mass is 35.5. The van der Waals surface area contributed by atoms with Crippen molar-refractivity contribution in [2.24, 2.45) is 0 Å². The van der Waals surface area contributed by atoms with Crippen molar-refractivity contribution in [1.82, 2.24) is 4.90 Å². The molecule has 2 atom stereocenters. The van der Waals surface area contributed by atoms with E-state index in [2.05, 4.69) is 0 Å². The summed E-state index contributed by atoms with van der Waals surface area (Å²) >= 11 is 5.79. The fraction of sp³-hybridized carbons (Fsp3) is 0.533. The van der Waals surface area contributed by atoms with Gasteiger partial charge in [0, 0.05) is 18.5 Å². The zero-order valence-corrected chi connectivity index (χ0v) is 11.9. The third-order valence-electron chi connectivity index (χ3n) is 3.84. The Morgan fingerprint density at radius 3 is 2.84 bits per heavy atom. The van der Waals surface area contributed by atoms with Gasteiger partial charge in [-0.25, -0.2) is 0 Å². The predicted molar refractivity (Wildman–Crippen MR) is 76.4 cm³/mol. The number of hydrogen-bond acceptors (Lipinski definition) is 2. The van der Waals surface area contributed by atoms with E-state index < -0.39 is 6.10 Å². The third-order valence-corrected chi connectivity index (χ3v) is 4.15. The van der Waals surface area contributed by atoms with Gasteiger partial charge in [0.2, 0.25) is 0 Å². The number of benzene rings is 1. The van der Waals surface area contributed by atoms with Crippen molar-refractivity contribution in [3.63, 3.8) is 0 Å². The summed E-state index contributed by atoms with van der Waals surface area (Å²) in [6.07, 6.45) is 3.37. The zero-order valence-electron chi connectivity index (χ0n) is 11.2. The lowest BCUT2D eigenvalue weighted by molar-refractivity contribution is 0.0268. The molecule has 19 heavy (non-hydrogen) atoms. The van der Waals surface area contributed by atoms with E-state index in [0.29, 0.717) is 11.4 Å². The van der Waals surface area contributed by atoms with E-state index in [9.17, 15) is 9.90 Å². The molecular formula is C15H20ClNO2. The minimum atomic E-state index is -0.404.